The van der Waals surface area contributed by atoms with Crippen LogP contribution in [0.3, 0.4) is 0 Å². The predicted molar refractivity (Wildman–Crippen MR) is 180 cm³/mol. The first kappa shape index (κ1) is 29.9. The van der Waals surface area contributed by atoms with Crippen LogP contribution in [-0.4, -0.2) is 44.3 Å². The van der Waals surface area contributed by atoms with E-state index in [1.54, 1.807) is 0 Å². The van der Waals surface area contributed by atoms with Crippen molar-refractivity contribution in [1.82, 2.24) is 0 Å². The lowest BCUT2D eigenvalue weighted by molar-refractivity contribution is -0.199. The Morgan fingerprint density at radius 1 is 0.717 bits per heavy atom. The van der Waals surface area contributed by atoms with Gasteiger partial charge in [-0.1, -0.05) is 64.1 Å². The van der Waals surface area contributed by atoms with E-state index in [-0.39, 0.29) is 37.6 Å². The summed E-state index contributed by atoms with van der Waals surface area (Å²) >= 11 is 0. The molecule has 0 amide bonds. The van der Waals surface area contributed by atoms with Crippen molar-refractivity contribution in [1.29, 1.82) is 0 Å². The molecule has 3 aromatic rings. The molecule has 0 spiro atoms. The van der Waals surface area contributed by atoms with Crippen LogP contribution in [0.15, 0.2) is 59.2 Å². The molecule has 4 heterocycles. The second kappa shape index (κ2) is 10.1. The topological polar surface area (TPSA) is 59.3 Å². The van der Waals surface area contributed by atoms with Gasteiger partial charge in [0.25, 0.3) is 0 Å². The van der Waals surface area contributed by atoms with Crippen molar-refractivity contribution in [3.63, 3.8) is 0 Å². The van der Waals surface area contributed by atoms with Crippen LogP contribution >= 0.6 is 0 Å². The van der Waals surface area contributed by atoms with E-state index in [4.69, 9.17) is 27.8 Å². The smallest absolute Gasteiger partial charge is 0.462 e. The molecule has 2 saturated heterocycles. The Hall–Kier alpha value is -2.25. The van der Waals surface area contributed by atoms with Gasteiger partial charge in [-0.25, -0.2) is 0 Å². The molecule has 0 radical (unpaired) electrons. The number of fused-ring (bicyclic) bond motifs is 2. The van der Waals surface area contributed by atoms with Crippen molar-refractivity contribution in [2.75, 3.05) is 6.61 Å². The Kier molecular flexibility index (Phi) is 6.58. The third-order valence-corrected chi connectivity index (χ3v) is 14.2. The van der Waals surface area contributed by atoms with E-state index >= 15 is 0 Å². The van der Waals surface area contributed by atoms with E-state index in [1.807, 2.05) is 24.5 Å². The number of ether oxygens (including phenoxy) is 1. The third kappa shape index (κ3) is 4.25. The fourth-order valence-electron chi connectivity index (χ4n) is 11.1. The van der Waals surface area contributed by atoms with E-state index in [2.05, 4.69) is 71.9 Å². The minimum Gasteiger partial charge on any atom is -0.493 e. The molecule has 0 N–H and O–H groups in total. The second-order valence-electron chi connectivity index (χ2n) is 17.0. The highest BCUT2D eigenvalue weighted by Crippen LogP contribution is 2.67. The van der Waals surface area contributed by atoms with Gasteiger partial charge in [-0.15, -0.1) is 0 Å². The maximum absolute atomic E-state index is 6.54. The third-order valence-electron chi connectivity index (χ3n) is 14.2. The van der Waals surface area contributed by atoms with E-state index in [0.29, 0.717) is 28.6 Å². The lowest BCUT2D eigenvalue weighted by Gasteiger charge is -2.64. The number of benzene rings is 2. The van der Waals surface area contributed by atoms with Gasteiger partial charge in [0, 0.05) is 23.2 Å². The molecule has 1 unspecified atom stereocenters. The predicted octanol–water partition coefficient (Wildman–Crippen LogP) is 8.13. The normalized spacial score (nSPS) is 40.2. The van der Waals surface area contributed by atoms with E-state index in [0.717, 1.165) is 55.3 Å². The fourth-order valence-corrected chi connectivity index (χ4v) is 11.1. The monoisotopic (exact) mass is 622 g/mol. The van der Waals surface area contributed by atoms with Gasteiger partial charge in [0.05, 0.1) is 36.3 Å². The maximum Gasteiger partial charge on any atom is 0.462 e. The first-order valence-corrected chi connectivity index (χ1v) is 17.8. The van der Waals surface area contributed by atoms with E-state index in [1.165, 1.54) is 29.4 Å². The standard InChI is InChI=1S/C19H25BO3.C19H23BO3/c2*1-18(2)13-8-16(18)19(3)17(9-13)22-20(23-19)10-12-11-21-15-7-5-4-6-14(12)15/h4-7,12-13,16-17H,8-11H2,1-3H3;4-7,11,13,16-17H,8-10H2,1-3H3/t12?,13-,16-,17+,19-;13-,16-,17+,19-/m00/s1. The van der Waals surface area contributed by atoms with Crippen LogP contribution in [-0.2, 0) is 24.9 Å². The highest BCUT2D eigenvalue weighted by atomic mass is 16.7. The van der Waals surface area contributed by atoms with Crippen molar-refractivity contribution in [3.05, 3.63) is 65.9 Å². The quantitative estimate of drug-likeness (QED) is 0.274. The molecule has 6 aliphatic carbocycles. The highest BCUT2D eigenvalue weighted by molar-refractivity contribution is 6.45. The van der Waals surface area contributed by atoms with Crippen molar-refractivity contribution in [3.8, 4) is 5.75 Å². The lowest BCUT2D eigenvalue weighted by atomic mass is 9.43. The molecule has 12 rings (SSSR count). The first-order chi connectivity index (χ1) is 22.0. The average Bonchev–Trinajstić information content (AvgIpc) is 3.79. The molecule has 3 aliphatic heterocycles. The Morgan fingerprint density at radius 2 is 1.33 bits per heavy atom. The molecule has 6 saturated carbocycles. The number of furan rings is 1. The Labute approximate surface area is 274 Å². The summed E-state index contributed by atoms with van der Waals surface area (Å²) < 4.78 is 37.2. The fraction of sp³-hybridized carbons (Fsp3) is 0.632. The second-order valence-corrected chi connectivity index (χ2v) is 17.0. The highest BCUT2D eigenvalue weighted by Gasteiger charge is 2.69. The summed E-state index contributed by atoms with van der Waals surface area (Å²) in [6, 6.07) is 16.5. The Bertz CT molecular complexity index is 1650. The van der Waals surface area contributed by atoms with Gasteiger partial charge in [-0.3, -0.25) is 0 Å². The average molecular weight is 622 g/mol. The van der Waals surface area contributed by atoms with Crippen molar-refractivity contribution in [2.24, 2.45) is 34.5 Å². The zero-order valence-electron chi connectivity index (χ0n) is 28.3. The zero-order chi connectivity index (χ0) is 31.6. The van der Waals surface area contributed by atoms with Crippen LogP contribution < -0.4 is 4.74 Å². The number of hydrogen-bond donors (Lipinski definition) is 0. The van der Waals surface area contributed by atoms with Crippen LogP contribution in [0.5, 0.6) is 5.75 Å². The molecule has 9 atom stereocenters. The number of para-hydroxylation sites is 2. The van der Waals surface area contributed by atoms with Gasteiger partial charge in [-0.2, -0.15) is 0 Å². The zero-order valence-corrected chi connectivity index (χ0v) is 28.3. The van der Waals surface area contributed by atoms with Crippen molar-refractivity contribution in [2.45, 2.75) is 109 Å². The van der Waals surface area contributed by atoms with Gasteiger partial charge in [-0.05, 0) is 98.0 Å². The molecular weight excluding hydrogens is 574 g/mol. The Balaban J connectivity index is 0.000000127. The SMILES string of the molecule is CC1(C)[C@@H]2C[C@H]3OB(CC4COc5ccccc54)O[C@@]3(C)[C@H]1C2.CC1(C)[C@@H]2C[C@H]3OB(Cc4coc5ccccc45)O[C@@]3(C)[C@H]1C2. The molecule has 2 aromatic carbocycles. The molecule has 46 heavy (non-hydrogen) atoms. The maximum atomic E-state index is 6.54. The van der Waals surface area contributed by atoms with E-state index < -0.39 is 0 Å². The largest absolute Gasteiger partial charge is 0.493 e. The summed E-state index contributed by atoms with van der Waals surface area (Å²) in [4.78, 5) is 0. The number of hydrogen-bond acceptors (Lipinski definition) is 6. The summed E-state index contributed by atoms with van der Waals surface area (Å²) in [6.07, 6.45) is 8.96. The number of rotatable bonds is 4. The van der Waals surface area contributed by atoms with Crippen LogP contribution in [0.25, 0.3) is 11.0 Å². The van der Waals surface area contributed by atoms with Crippen molar-refractivity contribution >= 4 is 25.2 Å². The molecular formula is C38H48B2O6. The molecule has 242 valence electrons. The summed E-state index contributed by atoms with van der Waals surface area (Å²) in [5.41, 5.74) is 4.01. The summed E-state index contributed by atoms with van der Waals surface area (Å²) in [5, 5.41) is 1.17. The van der Waals surface area contributed by atoms with Gasteiger partial charge >= 0.3 is 14.2 Å². The van der Waals surface area contributed by atoms with Gasteiger partial charge in [0.1, 0.15) is 11.3 Å². The summed E-state index contributed by atoms with van der Waals surface area (Å²) in [6.45, 7) is 14.9. The summed E-state index contributed by atoms with van der Waals surface area (Å²) in [7, 11) is -0.235. The van der Waals surface area contributed by atoms with Gasteiger partial charge in [0.15, 0.2) is 0 Å². The molecule has 6 nitrogen and oxygen atoms in total. The minimum absolute atomic E-state index is 0.0834. The van der Waals surface area contributed by atoms with Crippen LogP contribution in [0.2, 0.25) is 6.32 Å². The first-order valence-electron chi connectivity index (χ1n) is 17.8. The van der Waals surface area contributed by atoms with Gasteiger partial charge < -0.3 is 27.8 Å². The molecule has 8 heteroatoms. The Morgan fingerprint density at radius 3 is 2.02 bits per heavy atom. The van der Waals surface area contributed by atoms with Crippen LogP contribution in [0.4, 0.5) is 0 Å². The van der Waals surface area contributed by atoms with E-state index in [9.17, 15) is 0 Å². The molecule has 8 fully saturated rings. The molecule has 4 bridgehead atoms. The van der Waals surface area contributed by atoms with Crippen LogP contribution in [0, 0.1) is 34.5 Å². The minimum atomic E-state index is -0.152. The van der Waals surface area contributed by atoms with Gasteiger partial charge in [0.2, 0.25) is 0 Å². The molecule has 1 aromatic heterocycles. The van der Waals surface area contributed by atoms with Crippen molar-refractivity contribution < 1.29 is 27.8 Å². The lowest BCUT2D eigenvalue weighted by Crippen LogP contribution is -2.65. The van der Waals surface area contributed by atoms with Crippen LogP contribution in [0.1, 0.15) is 84.3 Å². The molecule has 9 aliphatic rings. The summed E-state index contributed by atoms with van der Waals surface area (Å²) in [5.74, 6) is 4.28.